The molecule has 0 unspecified atom stereocenters. The lowest BCUT2D eigenvalue weighted by Crippen LogP contribution is -2.31. The van der Waals surface area contributed by atoms with Gasteiger partial charge in [-0.05, 0) is 73.4 Å². The van der Waals surface area contributed by atoms with Gasteiger partial charge >= 0.3 is 0 Å². The number of nitrogens with one attached hydrogen (secondary N) is 2. The van der Waals surface area contributed by atoms with E-state index in [1.54, 1.807) is 18.5 Å². The molecule has 2 aliphatic rings. The third-order valence-corrected chi connectivity index (χ3v) is 8.24. The number of ketones is 1. The predicted molar refractivity (Wildman–Crippen MR) is 161 cm³/mol. The predicted octanol–water partition coefficient (Wildman–Crippen LogP) is 4.23. The van der Waals surface area contributed by atoms with Gasteiger partial charge in [0.15, 0.2) is 0 Å². The Morgan fingerprint density at radius 1 is 1.05 bits per heavy atom. The van der Waals surface area contributed by atoms with Gasteiger partial charge in [-0.25, -0.2) is 9.97 Å². The molecular formula is C32H38N6O3. The largest absolute Gasteiger partial charge is 0.347 e. The number of nitrogens with zero attached hydrogens (tertiary/aromatic N) is 3. The topological polar surface area (TPSA) is 130 Å². The molecule has 9 heteroatoms. The summed E-state index contributed by atoms with van der Waals surface area (Å²) in [7, 11) is 3.79. The summed E-state index contributed by atoms with van der Waals surface area (Å²) in [6, 6.07) is 13.4. The summed E-state index contributed by atoms with van der Waals surface area (Å²) in [6.45, 7) is 0.659. The summed E-state index contributed by atoms with van der Waals surface area (Å²) < 4.78 is 0. The molecule has 2 aromatic carbocycles. The van der Waals surface area contributed by atoms with Crippen LogP contribution in [0.2, 0.25) is 0 Å². The zero-order chi connectivity index (χ0) is 28.9. The van der Waals surface area contributed by atoms with Crippen molar-refractivity contribution in [3.05, 3.63) is 66.0 Å². The second kappa shape index (κ2) is 12.6. The van der Waals surface area contributed by atoms with Crippen LogP contribution in [0.5, 0.6) is 0 Å². The van der Waals surface area contributed by atoms with Gasteiger partial charge in [0, 0.05) is 61.7 Å². The number of rotatable bonds is 10. The van der Waals surface area contributed by atoms with E-state index in [9.17, 15) is 14.4 Å². The number of hydrogen-bond acceptors (Lipinski definition) is 7. The molecule has 2 amide bonds. The van der Waals surface area contributed by atoms with Crippen LogP contribution in [-0.4, -0.2) is 48.2 Å². The van der Waals surface area contributed by atoms with Crippen molar-refractivity contribution in [2.75, 3.05) is 36.2 Å². The minimum Gasteiger partial charge on any atom is -0.347 e. The van der Waals surface area contributed by atoms with Crippen molar-refractivity contribution in [1.82, 2.24) is 9.97 Å². The Kier molecular flexibility index (Phi) is 8.73. The van der Waals surface area contributed by atoms with Gasteiger partial charge in [-0.3, -0.25) is 14.4 Å². The van der Waals surface area contributed by atoms with Crippen LogP contribution in [0.4, 0.5) is 17.3 Å². The van der Waals surface area contributed by atoms with Crippen LogP contribution in [0.15, 0.2) is 54.9 Å². The molecule has 3 aromatic rings. The molecule has 1 aliphatic carbocycles. The maximum atomic E-state index is 13.7. The van der Waals surface area contributed by atoms with E-state index in [0.717, 1.165) is 47.9 Å². The van der Waals surface area contributed by atoms with Gasteiger partial charge in [0.1, 0.15) is 5.78 Å². The molecule has 0 saturated heterocycles. The molecule has 4 N–H and O–H groups in total. The maximum Gasteiger partial charge on any atom is 0.228 e. The highest BCUT2D eigenvalue weighted by Gasteiger charge is 2.30. The average Bonchev–Trinajstić information content (AvgIpc) is 3.36. The third-order valence-electron chi connectivity index (χ3n) is 8.24. The normalized spacial score (nSPS) is 18.8. The molecule has 1 fully saturated rings. The van der Waals surface area contributed by atoms with E-state index in [2.05, 4.69) is 20.6 Å². The summed E-state index contributed by atoms with van der Waals surface area (Å²) >= 11 is 0. The van der Waals surface area contributed by atoms with Crippen molar-refractivity contribution in [2.45, 2.75) is 44.9 Å². The van der Waals surface area contributed by atoms with E-state index in [0.29, 0.717) is 42.6 Å². The van der Waals surface area contributed by atoms with E-state index in [1.165, 1.54) is 0 Å². The highest BCUT2D eigenvalue weighted by atomic mass is 16.2. The molecule has 1 saturated carbocycles. The molecule has 5 rings (SSSR count). The summed E-state index contributed by atoms with van der Waals surface area (Å²) in [4.78, 5) is 49.6. The molecule has 2 heterocycles. The van der Waals surface area contributed by atoms with E-state index in [-0.39, 0.29) is 29.9 Å². The Morgan fingerprint density at radius 3 is 2.51 bits per heavy atom. The Hall–Kier alpha value is -4.11. The first-order valence-electron chi connectivity index (χ1n) is 14.3. The number of benzene rings is 2. The number of fused-ring (bicyclic) bond motifs is 1. The monoisotopic (exact) mass is 554 g/mol. The molecule has 9 nitrogen and oxygen atoms in total. The van der Waals surface area contributed by atoms with E-state index < -0.39 is 5.92 Å². The SMILES string of the molecule is CN(C)c1ncc(-c2cccc(C[C@H](CC(=O)C3CCC(CN)CC3)C(=O)Nc3ccc4c(c3)NC(=O)C4)c2)cn1. The fourth-order valence-corrected chi connectivity index (χ4v) is 5.79. The maximum absolute atomic E-state index is 13.7. The number of carbonyl (C=O) groups excluding carboxylic acids is 3. The molecule has 1 atom stereocenters. The summed E-state index contributed by atoms with van der Waals surface area (Å²) in [6.07, 6.45) is 8.10. The van der Waals surface area contributed by atoms with E-state index in [1.807, 2.05) is 55.4 Å². The van der Waals surface area contributed by atoms with Gasteiger partial charge in [-0.2, -0.15) is 0 Å². The molecule has 1 aromatic heterocycles. The minimum absolute atomic E-state index is 0.0259. The van der Waals surface area contributed by atoms with Crippen molar-refractivity contribution >= 4 is 34.9 Å². The Bertz CT molecular complexity index is 1410. The quantitative estimate of drug-likeness (QED) is 0.342. The third kappa shape index (κ3) is 6.97. The van der Waals surface area contributed by atoms with Crippen LogP contribution < -0.4 is 21.3 Å². The number of hydrogen-bond donors (Lipinski definition) is 3. The number of anilines is 3. The first-order valence-corrected chi connectivity index (χ1v) is 14.3. The van der Waals surface area contributed by atoms with Crippen LogP contribution in [0.1, 0.15) is 43.2 Å². The lowest BCUT2D eigenvalue weighted by atomic mass is 9.77. The Balaban J connectivity index is 1.34. The summed E-state index contributed by atoms with van der Waals surface area (Å²) in [5, 5.41) is 5.84. The lowest BCUT2D eigenvalue weighted by molar-refractivity contribution is -0.129. The molecular weight excluding hydrogens is 516 g/mol. The molecule has 0 spiro atoms. The van der Waals surface area contributed by atoms with Gasteiger partial charge in [0.05, 0.1) is 6.42 Å². The van der Waals surface area contributed by atoms with Gasteiger partial charge in [0.25, 0.3) is 0 Å². The summed E-state index contributed by atoms with van der Waals surface area (Å²) in [5.41, 5.74) is 10.9. The van der Waals surface area contributed by atoms with Crippen LogP contribution in [0.25, 0.3) is 11.1 Å². The standard InChI is InChI=1S/C32H38N6O3/c1-38(2)32-34-18-26(19-35-32)23-5-3-4-21(12-23)13-25(14-29(39)22-8-6-20(17-33)7-9-22)31(41)36-27-11-10-24-15-30(40)37-28(24)16-27/h3-5,10-12,16,18-20,22,25H,6-9,13-15,17,33H2,1-2H3,(H,36,41)(H,37,40)/t20?,22?,25-/m1/s1. The van der Waals surface area contributed by atoms with Crippen LogP contribution in [-0.2, 0) is 27.2 Å². The second-order valence-corrected chi connectivity index (χ2v) is 11.5. The molecule has 214 valence electrons. The number of aromatic nitrogens is 2. The Labute approximate surface area is 240 Å². The van der Waals surface area contributed by atoms with E-state index in [4.69, 9.17) is 5.73 Å². The molecule has 0 radical (unpaired) electrons. The first kappa shape index (κ1) is 28.4. The van der Waals surface area contributed by atoms with Gasteiger partial charge < -0.3 is 21.3 Å². The molecule has 1 aliphatic heterocycles. The minimum atomic E-state index is -0.541. The number of Topliss-reactive ketones (excluding diaryl/α,β-unsaturated/α-hetero) is 1. The Morgan fingerprint density at radius 2 is 1.80 bits per heavy atom. The zero-order valence-electron chi connectivity index (χ0n) is 23.7. The molecule has 0 bridgehead atoms. The first-order chi connectivity index (χ1) is 19.8. The van der Waals surface area contributed by atoms with E-state index >= 15 is 0 Å². The second-order valence-electron chi connectivity index (χ2n) is 11.5. The smallest absolute Gasteiger partial charge is 0.228 e. The van der Waals surface area contributed by atoms with Gasteiger partial charge in [-0.15, -0.1) is 0 Å². The van der Waals surface area contributed by atoms with Crippen molar-refractivity contribution in [3.8, 4) is 11.1 Å². The van der Waals surface area contributed by atoms with Gasteiger partial charge in [0.2, 0.25) is 17.8 Å². The number of nitrogens with two attached hydrogens (primary N) is 1. The number of carbonyl (C=O) groups is 3. The highest BCUT2D eigenvalue weighted by Crippen LogP contribution is 2.32. The average molecular weight is 555 g/mol. The van der Waals surface area contributed by atoms with Crippen LogP contribution >= 0.6 is 0 Å². The fourth-order valence-electron chi connectivity index (χ4n) is 5.79. The molecule has 41 heavy (non-hydrogen) atoms. The number of amides is 2. The van der Waals surface area contributed by atoms with Crippen molar-refractivity contribution < 1.29 is 14.4 Å². The van der Waals surface area contributed by atoms with Gasteiger partial charge in [-0.1, -0.05) is 30.3 Å². The van der Waals surface area contributed by atoms with Crippen LogP contribution in [0, 0.1) is 17.8 Å². The highest BCUT2D eigenvalue weighted by molar-refractivity contribution is 6.01. The zero-order valence-corrected chi connectivity index (χ0v) is 23.7. The van der Waals surface area contributed by atoms with Crippen molar-refractivity contribution in [2.24, 2.45) is 23.5 Å². The van der Waals surface area contributed by atoms with Crippen molar-refractivity contribution in [3.63, 3.8) is 0 Å². The summed E-state index contributed by atoms with van der Waals surface area (Å²) in [5.74, 6) is 0.428. The fraction of sp³-hybridized carbons (Fsp3) is 0.406. The lowest BCUT2D eigenvalue weighted by Gasteiger charge is -2.27. The van der Waals surface area contributed by atoms with Crippen molar-refractivity contribution in [1.29, 1.82) is 0 Å². The van der Waals surface area contributed by atoms with Crippen LogP contribution in [0.3, 0.4) is 0 Å².